The lowest BCUT2D eigenvalue weighted by Gasteiger charge is -2.21. The van der Waals surface area contributed by atoms with Crippen molar-refractivity contribution in [3.63, 3.8) is 0 Å². The van der Waals surface area contributed by atoms with Gasteiger partial charge in [-0.3, -0.25) is 9.59 Å². The Morgan fingerprint density at radius 2 is 2.17 bits per heavy atom. The number of thiophene rings is 1. The molecule has 0 saturated heterocycles. The highest BCUT2D eigenvalue weighted by Gasteiger charge is 2.29. The lowest BCUT2D eigenvalue weighted by Crippen LogP contribution is -2.26. The Kier molecular flexibility index (Phi) is 7.05. The molecule has 2 amide bonds. The summed E-state index contributed by atoms with van der Waals surface area (Å²) in [5.41, 5.74) is 1.47. The lowest BCUT2D eigenvalue weighted by atomic mass is 9.85. The minimum Gasteiger partial charge on any atom is -0.480 e. The number of carbonyl (C=O) groups is 3. The standard InChI is InChI=1S/C20H24N2O6S/c1-2-12-5-6-14-15(8-12)29-20(22-16(23)10-27-11-17(24)25)18(14)19(26)21-9-13-4-3-7-28-13/h3-4,7,12H,2,5-6,8-11H2,1H3,(H,21,26)(H,22,23)(H,24,25)/t12-/m0/s1. The fourth-order valence-electron chi connectivity index (χ4n) is 3.39. The van der Waals surface area contributed by atoms with Crippen LogP contribution in [0.15, 0.2) is 22.8 Å². The van der Waals surface area contributed by atoms with Crippen molar-refractivity contribution in [2.45, 2.75) is 39.2 Å². The molecule has 29 heavy (non-hydrogen) atoms. The first-order valence-electron chi connectivity index (χ1n) is 9.52. The molecule has 0 aliphatic heterocycles. The zero-order valence-corrected chi connectivity index (χ0v) is 17.0. The van der Waals surface area contributed by atoms with Gasteiger partial charge in [-0.1, -0.05) is 13.3 Å². The predicted octanol–water partition coefficient (Wildman–Crippen LogP) is 2.83. The summed E-state index contributed by atoms with van der Waals surface area (Å²) < 4.78 is 10.1. The van der Waals surface area contributed by atoms with Crippen LogP contribution in [-0.4, -0.2) is 36.1 Å². The van der Waals surface area contributed by atoms with Gasteiger partial charge in [0.2, 0.25) is 0 Å². The largest absolute Gasteiger partial charge is 0.480 e. The molecular weight excluding hydrogens is 396 g/mol. The van der Waals surface area contributed by atoms with Crippen LogP contribution in [0.3, 0.4) is 0 Å². The van der Waals surface area contributed by atoms with E-state index in [-0.39, 0.29) is 19.1 Å². The van der Waals surface area contributed by atoms with Gasteiger partial charge >= 0.3 is 5.97 Å². The maximum atomic E-state index is 12.9. The number of hydrogen-bond donors (Lipinski definition) is 3. The van der Waals surface area contributed by atoms with Crippen LogP contribution in [0, 0.1) is 5.92 Å². The third-order valence-electron chi connectivity index (χ3n) is 4.89. The van der Waals surface area contributed by atoms with Crippen molar-refractivity contribution in [1.82, 2.24) is 5.32 Å². The van der Waals surface area contributed by atoms with Crippen molar-refractivity contribution >= 4 is 34.1 Å². The fourth-order valence-corrected chi connectivity index (χ4v) is 4.77. The molecule has 156 valence electrons. The maximum absolute atomic E-state index is 12.9. The predicted molar refractivity (Wildman–Crippen MR) is 107 cm³/mol. The summed E-state index contributed by atoms with van der Waals surface area (Å²) in [5, 5.41) is 14.7. The second kappa shape index (κ2) is 9.71. The SMILES string of the molecule is CC[C@H]1CCc2c(sc(NC(=O)COCC(=O)O)c2C(=O)NCc2ccco2)C1. The molecule has 0 unspecified atom stereocenters. The molecule has 2 heterocycles. The Morgan fingerprint density at radius 3 is 2.86 bits per heavy atom. The molecule has 2 aromatic heterocycles. The third-order valence-corrected chi connectivity index (χ3v) is 6.06. The number of nitrogens with one attached hydrogen (secondary N) is 2. The van der Waals surface area contributed by atoms with Gasteiger partial charge in [0.25, 0.3) is 11.8 Å². The zero-order chi connectivity index (χ0) is 20.8. The zero-order valence-electron chi connectivity index (χ0n) is 16.2. The number of carbonyl (C=O) groups excluding carboxylic acids is 2. The molecule has 1 aliphatic carbocycles. The fraction of sp³-hybridized carbons (Fsp3) is 0.450. The minimum absolute atomic E-state index is 0.253. The number of anilines is 1. The Labute approximate surface area is 172 Å². The van der Waals surface area contributed by atoms with Gasteiger partial charge in [0.1, 0.15) is 24.0 Å². The highest BCUT2D eigenvalue weighted by molar-refractivity contribution is 7.17. The number of amides is 2. The topological polar surface area (TPSA) is 118 Å². The Bertz CT molecular complexity index is 874. The lowest BCUT2D eigenvalue weighted by molar-refractivity contribution is -0.143. The average Bonchev–Trinajstić information content (AvgIpc) is 3.32. The van der Waals surface area contributed by atoms with E-state index in [4.69, 9.17) is 14.3 Å². The van der Waals surface area contributed by atoms with Gasteiger partial charge in [-0.15, -0.1) is 11.3 Å². The number of furan rings is 1. The van der Waals surface area contributed by atoms with Gasteiger partial charge in [-0.2, -0.15) is 0 Å². The van der Waals surface area contributed by atoms with Crippen molar-refractivity contribution in [1.29, 1.82) is 0 Å². The van der Waals surface area contributed by atoms with Crippen molar-refractivity contribution in [2.75, 3.05) is 18.5 Å². The molecule has 0 fully saturated rings. The molecule has 8 nitrogen and oxygen atoms in total. The smallest absolute Gasteiger partial charge is 0.329 e. The average molecular weight is 420 g/mol. The Balaban J connectivity index is 1.76. The van der Waals surface area contributed by atoms with Crippen molar-refractivity contribution in [3.8, 4) is 0 Å². The van der Waals surface area contributed by atoms with Crippen molar-refractivity contribution in [2.24, 2.45) is 5.92 Å². The summed E-state index contributed by atoms with van der Waals surface area (Å²) in [5.74, 6) is -0.690. The van der Waals surface area contributed by atoms with E-state index in [1.165, 1.54) is 11.3 Å². The molecule has 2 aromatic rings. The number of carboxylic acid groups (broad SMARTS) is 1. The van der Waals surface area contributed by atoms with Crippen LogP contribution in [0.1, 0.15) is 46.3 Å². The quantitative estimate of drug-likeness (QED) is 0.574. The highest BCUT2D eigenvalue weighted by Crippen LogP contribution is 2.40. The molecule has 0 radical (unpaired) electrons. The molecular formula is C20H24N2O6S. The Hall–Kier alpha value is -2.65. The van der Waals surface area contributed by atoms with E-state index in [0.29, 0.717) is 22.2 Å². The van der Waals surface area contributed by atoms with E-state index in [1.807, 2.05) is 0 Å². The number of fused-ring (bicyclic) bond motifs is 1. The minimum atomic E-state index is -1.15. The maximum Gasteiger partial charge on any atom is 0.329 e. The van der Waals surface area contributed by atoms with Crippen molar-refractivity contribution in [3.05, 3.63) is 40.2 Å². The molecule has 1 atom stereocenters. The molecule has 0 spiro atoms. The van der Waals surface area contributed by atoms with E-state index < -0.39 is 18.5 Å². The highest BCUT2D eigenvalue weighted by atomic mass is 32.1. The number of carboxylic acids is 1. The van der Waals surface area contributed by atoms with E-state index in [0.717, 1.165) is 36.1 Å². The molecule has 3 N–H and O–H groups in total. The van der Waals surface area contributed by atoms with E-state index >= 15 is 0 Å². The number of rotatable bonds is 9. The van der Waals surface area contributed by atoms with E-state index in [2.05, 4.69) is 17.6 Å². The van der Waals surface area contributed by atoms with Crippen LogP contribution in [0.2, 0.25) is 0 Å². The van der Waals surface area contributed by atoms with Crippen LogP contribution in [0.5, 0.6) is 0 Å². The molecule has 0 saturated carbocycles. The normalized spacial score (nSPS) is 15.6. The number of ether oxygens (including phenoxy) is 1. The first-order chi connectivity index (χ1) is 14.0. The third kappa shape index (κ3) is 5.45. The van der Waals surface area contributed by atoms with Gasteiger partial charge in [-0.05, 0) is 42.9 Å². The molecule has 9 heteroatoms. The van der Waals surface area contributed by atoms with Crippen LogP contribution >= 0.6 is 11.3 Å². The van der Waals surface area contributed by atoms with Crippen LogP contribution < -0.4 is 10.6 Å². The summed E-state index contributed by atoms with van der Waals surface area (Å²) in [4.78, 5) is 36.7. The van der Waals surface area contributed by atoms with E-state index in [1.54, 1.807) is 18.4 Å². The number of hydrogen-bond acceptors (Lipinski definition) is 6. The van der Waals surface area contributed by atoms with Crippen LogP contribution in [-0.2, 0) is 33.7 Å². The van der Waals surface area contributed by atoms with Gasteiger partial charge in [-0.25, -0.2) is 4.79 Å². The summed E-state index contributed by atoms with van der Waals surface area (Å²) >= 11 is 1.41. The van der Waals surface area contributed by atoms with Crippen molar-refractivity contribution < 1.29 is 28.6 Å². The first kappa shape index (κ1) is 21.1. The second-order valence-electron chi connectivity index (χ2n) is 6.92. The summed E-state index contributed by atoms with van der Waals surface area (Å²) in [6.07, 6.45) is 5.30. The van der Waals surface area contributed by atoms with Crippen LogP contribution in [0.25, 0.3) is 0 Å². The van der Waals surface area contributed by atoms with E-state index in [9.17, 15) is 14.4 Å². The Morgan fingerprint density at radius 1 is 1.34 bits per heavy atom. The number of aliphatic carboxylic acids is 1. The molecule has 0 bridgehead atoms. The molecule has 0 aromatic carbocycles. The van der Waals surface area contributed by atoms with Gasteiger partial charge in [0, 0.05) is 4.88 Å². The molecule has 1 aliphatic rings. The molecule has 3 rings (SSSR count). The second-order valence-corrected chi connectivity index (χ2v) is 8.03. The van der Waals surface area contributed by atoms with Crippen LogP contribution in [0.4, 0.5) is 5.00 Å². The monoisotopic (exact) mass is 420 g/mol. The van der Waals surface area contributed by atoms with Gasteiger partial charge < -0.3 is 24.9 Å². The summed E-state index contributed by atoms with van der Waals surface area (Å²) in [7, 11) is 0. The summed E-state index contributed by atoms with van der Waals surface area (Å²) in [6.45, 7) is 1.47. The van der Waals surface area contributed by atoms with Gasteiger partial charge in [0.05, 0.1) is 18.4 Å². The first-order valence-corrected chi connectivity index (χ1v) is 10.3. The van der Waals surface area contributed by atoms with Gasteiger partial charge in [0.15, 0.2) is 0 Å². The summed E-state index contributed by atoms with van der Waals surface area (Å²) in [6, 6.07) is 3.53.